The number of guanidine groups is 1. The Kier molecular flexibility index (Phi) is 7.55. The van der Waals surface area contributed by atoms with Crippen LogP contribution in [0.4, 0.5) is 4.39 Å². The third-order valence-corrected chi connectivity index (χ3v) is 3.87. The maximum absolute atomic E-state index is 13.5. The second-order valence-corrected chi connectivity index (χ2v) is 5.71. The van der Waals surface area contributed by atoms with Gasteiger partial charge >= 0.3 is 0 Å². The van der Waals surface area contributed by atoms with Crippen LogP contribution in [0.5, 0.6) is 0 Å². The lowest BCUT2D eigenvalue weighted by Crippen LogP contribution is -2.50. The zero-order chi connectivity index (χ0) is 15.3. The summed E-state index contributed by atoms with van der Waals surface area (Å²) in [6.45, 7) is 5.38. The van der Waals surface area contributed by atoms with E-state index in [1.165, 1.54) is 6.07 Å². The van der Waals surface area contributed by atoms with Crippen LogP contribution in [0.1, 0.15) is 37.3 Å². The number of rotatable bonds is 5. The number of hydrogen-bond donors (Lipinski definition) is 3. The van der Waals surface area contributed by atoms with Crippen molar-refractivity contribution in [1.29, 1.82) is 0 Å². The fraction of sp³-hybridized carbons (Fsp3) is 0.562. The van der Waals surface area contributed by atoms with Crippen LogP contribution < -0.4 is 10.6 Å². The quantitative estimate of drug-likeness (QED) is 0.390. The van der Waals surface area contributed by atoms with E-state index in [1.54, 1.807) is 13.0 Å². The van der Waals surface area contributed by atoms with Crippen LogP contribution in [-0.2, 0) is 6.54 Å². The Labute approximate surface area is 148 Å². The summed E-state index contributed by atoms with van der Waals surface area (Å²) < 4.78 is 13.5. The van der Waals surface area contributed by atoms with Crippen molar-refractivity contribution < 1.29 is 9.50 Å². The van der Waals surface area contributed by atoms with Crippen LogP contribution in [0.15, 0.2) is 23.2 Å². The molecule has 4 nitrogen and oxygen atoms in total. The van der Waals surface area contributed by atoms with E-state index in [2.05, 4.69) is 15.6 Å². The summed E-state index contributed by atoms with van der Waals surface area (Å²) >= 11 is 0. The van der Waals surface area contributed by atoms with Gasteiger partial charge in [0.2, 0.25) is 0 Å². The molecular formula is C16H25FIN3O. The van der Waals surface area contributed by atoms with Crippen molar-refractivity contribution in [3.8, 4) is 0 Å². The summed E-state index contributed by atoms with van der Waals surface area (Å²) in [5.74, 6) is 0.447. The molecule has 0 unspecified atom stereocenters. The molecular weight excluding hydrogens is 396 g/mol. The fourth-order valence-electron chi connectivity index (χ4n) is 2.26. The van der Waals surface area contributed by atoms with Crippen LogP contribution in [0.3, 0.4) is 0 Å². The maximum Gasteiger partial charge on any atom is 0.191 e. The van der Waals surface area contributed by atoms with Gasteiger partial charge in [0.25, 0.3) is 0 Å². The average Bonchev–Trinajstić information content (AvgIpc) is 2.43. The minimum Gasteiger partial charge on any atom is -0.388 e. The molecule has 0 aliphatic heterocycles. The number of aliphatic imine (C=N–C) groups is 1. The largest absolute Gasteiger partial charge is 0.388 e. The SMILES string of the molecule is CCNC(=NCc1ccc(C)c(F)c1)NCC1(O)CCC1.I. The van der Waals surface area contributed by atoms with Crippen LogP contribution in [-0.4, -0.2) is 29.8 Å². The van der Waals surface area contributed by atoms with Gasteiger partial charge in [0.05, 0.1) is 12.1 Å². The molecule has 1 aliphatic rings. The highest BCUT2D eigenvalue weighted by Crippen LogP contribution is 2.30. The predicted octanol–water partition coefficient (Wildman–Crippen LogP) is 2.72. The molecule has 1 aromatic carbocycles. The predicted molar refractivity (Wildman–Crippen MR) is 98.2 cm³/mol. The van der Waals surface area contributed by atoms with Crippen molar-refractivity contribution in [2.75, 3.05) is 13.1 Å². The summed E-state index contributed by atoms with van der Waals surface area (Å²) in [6.07, 6.45) is 2.75. The molecule has 3 N–H and O–H groups in total. The van der Waals surface area contributed by atoms with Crippen molar-refractivity contribution in [2.24, 2.45) is 4.99 Å². The van der Waals surface area contributed by atoms with Crippen molar-refractivity contribution in [2.45, 2.75) is 45.3 Å². The van der Waals surface area contributed by atoms with Crippen LogP contribution in [0, 0.1) is 12.7 Å². The van der Waals surface area contributed by atoms with Gasteiger partial charge in [-0.1, -0.05) is 12.1 Å². The van der Waals surface area contributed by atoms with Crippen molar-refractivity contribution in [1.82, 2.24) is 10.6 Å². The second kappa shape index (κ2) is 8.67. The molecule has 0 amide bonds. The smallest absolute Gasteiger partial charge is 0.191 e. The summed E-state index contributed by atoms with van der Waals surface area (Å²) in [4.78, 5) is 4.43. The van der Waals surface area contributed by atoms with E-state index in [-0.39, 0.29) is 29.8 Å². The number of aryl methyl sites for hydroxylation is 1. The highest BCUT2D eigenvalue weighted by molar-refractivity contribution is 14.0. The third-order valence-electron chi connectivity index (χ3n) is 3.87. The van der Waals surface area contributed by atoms with Gasteiger partial charge in [-0.15, -0.1) is 24.0 Å². The lowest BCUT2D eigenvalue weighted by Gasteiger charge is -2.37. The molecule has 124 valence electrons. The highest BCUT2D eigenvalue weighted by atomic mass is 127. The molecule has 0 saturated heterocycles. The van der Waals surface area contributed by atoms with Gasteiger partial charge in [-0.2, -0.15) is 0 Å². The first-order valence-electron chi connectivity index (χ1n) is 7.52. The van der Waals surface area contributed by atoms with E-state index in [0.717, 1.165) is 31.4 Å². The van der Waals surface area contributed by atoms with Gasteiger partial charge in [-0.25, -0.2) is 9.38 Å². The molecule has 0 atom stereocenters. The summed E-state index contributed by atoms with van der Waals surface area (Å²) in [5, 5.41) is 16.4. The lowest BCUT2D eigenvalue weighted by molar-refractivity contribution is -0.0279. The lowest BCUT2D eigenvalue weighted by atomic mass is 9.80. The minimum atomic E-state index is -0.591. The highest BCUT2D eigenvalue weighted by Gasteiger charge is 2.34. The number of benzene rings is 1. The van der Waals surface area contributed by atoms with E-state index in [9.17, 15) is 9.50 Å². The Morgan fingerprint density at radius 1 is 1.36 bits per heavy atom. The molecule has 0 aromatic heterocycles. The Morgan fingerprint density at radius 2 is 2.09 bits per heavy atom. The summed E-state index contributed by atoms with van der Waals surface area (Å²) in [6, 6.07) is 5.16. The number of hydrogen-bond acceptors (Lipinski definition) is 2. The number of aliphatic hydroxyl groups is 1. The van der Waals surface area contributed by atoms with Gasteiger partial charge in [-0.3, -0.25) is 0 Å². The van der Waals surface area contributed by atoms with E-state index >= 15 is 0 Å². The molecule has 0 radical (unpaired) electrons. The second-order valence-electron chi connectivity index (χ2n) is 5.71. The Bertz CT molecular complexity index is 518. The van der Waals surface area contributed by atoms with Gasteiger partial charge in [0, 0.05) is 13.1 Å². The molecule has 22 heavy (non-hydrogen) atoms. The van der Waals surface area contributed by atoms with Crippen molar-refractivity contribution >= 4 is 29.9 Å². The normalized spacial score (nSPS) is 16.5. The molecule has 1 aliphatic carbocycles. The summed E-state index contributed by atoms with van der Waals surface area (Å²) in [5.41, 5.74) is 0.879. The minimum absolute atomic E-state index is 0. The Balaban J connectivity index is 0.00000242. The molecule has 1 saturated carbocycles. The van der Waals surface area contributed by atoms with Gasteiger partial charge in [0.15, 0.2) is 5.96 Å². The van der Waals surface area contributed by atoms with E-state index in [1.807, 2.05) is 13.0 Å². The maximum atomic E-state index is 13.5. The topological polar surface area (TPSA) is 56.7 Å². The van der Waals surface area contributed by atoms with Crippen LogP contribution in [0.2, 0.25) is 0 Å². The fourth-order valence-corrected chi connectivity index (χ4v) is 2.26. The van der Waals surface area contributed by atoms with Gasteiger partial charge in [0.1, 0.15) is 5.82 Å². The first-order chi connectivity index (χ1) is 10.0. The molecule has 1 fully saturated rings. The number of nitrogens with one attached hydrogen (secondary N) is 2. The molecule has 0 bridgehead atoms. The number of nitrogens with zero attached hydrogens (tertiary/aromatic N) is 1. The first kappa shape index (κ1) is 19.2. The summed E-state index contributed by atoms with van der Waals surface area (Å²) in [7, 11) is 0. The molecule has 1 aromatic rings. The van der Waals surface area contributed by atoms with E-state index < -0.39 is 5.60 Å². The monoisotopic (exact) mass is 421 g/mol. The molecule has 6 heteroatoms. The standard InChI is InChI=1S/C16H24FN3O.HI/c1-3-18-15(20-11-16(21)7-4-8-16)19-10-13-6-5-12(2)14(17)9-13;/h5-6,9,21H,3-4,7-8,10-11H2,1-2H3,(H2,18,19,20);1H. The van der Waals surface area contributed by atoms with E-state index in [0.29, 0.717) is 24.6 Å². The van der Waals surface area contributed by atoms with Crippen molar-refractivity contribution in [3.05, 3.63) is 35.1 Å². The molecule has 0 spiro atoms. The number of halogens is 2. The molecule has 0 heterocycles. The van der Waals surface area contributed by atoms with Gasteiger partial charge < -0.3 is 15.7 Å². The Hall–Kier alpha value is -0.890. The van der Waals surface area contributed by atoms with Crippen LogP contribution >= 0.6 is 24.0 Å². The average molecular weight is 421 g/mol. The Morgan fingerprint density at radius 3 is 2.64 bits per heavy atom. The van der Waals surface area contributed by atoms with Gasteiger partial charge in [-0.05, 0) is 50.3 Å². The van der Waals surface area contributed by atoms with E-state index in [4.69, 9.17) is 0 Å². The first-order valence-corrected chi connectivity index (χ1v) is 7.52. The zero-order valence-corrected chi connectivity index (χ0v) is 15.5. The zero-order valence-electron chi connectivity index (χ0n) is 13.2. The third kappa shape index (κ3) is 5.39. The van der Waals surface area contributed by atoms with Crippen molar-refractivity contribution in [3.63, 3.8) is 0 Å². The molecule has 2 rings (SSSR count). The van der Waals surface area contributed by atoms with Crippen LogP contribution in [0.25, 0.3) is 0 Å².